The van der Waals surface area contributed by atoms with Crippen LogP contribution in [-0.2, 0) is 16.9 Å². The molecule has 1 aromatic heterocycles. The zero-order valence-electron chi connectivity index (χ0n) is 15.3. The lowest BCUT2D eigenvalue weighted by atomic mass is 10.2. The van der Waals surface area contributed by atoms with Crippen LogP contribution in [0, 0.1) is 0 Å². The first kappa shape index (κ1) is 19.3. The minimum absolute atomic E-state index is 0.0139. The van der Waals surface area contributed by atoms with E-state index in [4.69, 9.17) is 4.74 Å². The number of sulfone groups is 1. The van der Waals surface area contributed by atoms with Crippen LogP contribution in [-0.4, -0.2) is 31.3 Å². The lowest BCUT2D eigenvalue weighted by Gasteiger charge is -2.06. The number of benzene rings is 2. The van der Waals surface area contributed by atoms with Crippen molar-refractivity contribution in [2.24, 2.45) is 12.0 Å². The highest BCUT2D eigenvalue weighted by atomic mass is 32.2. The van der Waals surface area contributed by atoms with Crippen LogP contribution in [0.5, 0.6) is 5.75 Å². The fourth-order valence-electron chi connectivity index (χ4n) is 2.76. The second kappa shape index (κ2) is 7.66. The van der Waals surface area contributed by atoms with Crippen molar-refractivity contribution in [2.45, 2.75) is 18.7 Å². The van der Waals surface area contributed by atoms with Gasteiger partial charge in [0.2, 0.25) is 0 Å². The summed E-state index contributed by atoms with van der Waals surface area (Å²) in [6, 6.07) is 11.9. The number of ether oxygens (including phenoxy) is 1. The van der Waals surface area contributed by atoms with Crippen LogP contribution in [0.4, 0.5) is 0 Å². The van der Waals surface area contributed by atoms with Crippen LogP contribution in [0.2, 0.25) is 0 Å². The molecule has 0 fully saturated rings. The van der Waals surface area contributed by atoms with Crippen LogP contribution in [0.25, 0.3) is 10.2 Å². The normalized spacial score (nSPS) is 12.5. The third-order valence-electron chi connectivity index (χ3n) is 4.12. The van der Waals surface area contributed by atoms with Crippen molar-refractivity contribution in [2.75, 3.05) is 12.4 Å². The van der Waals surface area contributed by atoms with E-state index in [1.54, 1.807) is 23.6 Å². The highest BCUT2D eigenvalue weighted by Gasteiger charge is 2.20. The lowest BCUT2D eigenvalue weighted by Crippen LogP contribution is -2.16. The van der Waals surface area contributed by atoms with Gasteiger partial charge in [-0.2, -0.15) is 4.99 Å². The number of aryl methyl sites for hydroxylation is 1. The van der Waals surface area contributed by atoms with E-state index in [0.29, 0.717) is 11.4 Å². The van der Waals surface area contributed by atoms with Crippen molar-refractivity contribution < 1.29 is 17.9 Å². The van der Waals surface area contributed by atoms with Crippen LogP contribution in [0.1, 0.15) is 24.2 Å². The molecule has 0 radical (unpaired) electrons. The van der Waals surface area contributed by atoms with Gasteiger partial charge >= 0.3 is 0 Å². The van der Waals surface area contributed by atoms with E-state index in [9.17, 15) is 13.2 Å². The molecule has 0 bridgehead atoms. The van der Waals surface area contributed by atoms with Gasteiger partial charge in [-0.05, 0) is 31.2 Å². The first-order chi connectivity index (χ1) is 12.9. The number of carbonyl (C=O) groups is 1. The highest BCUT2D eigenvalue weighted by Crippen LogP contribution is 2.27. The molecule has 27 heavy (non-hydrogen) atoms. The fourth-order valence-corrected chi connectivity index (χ4v) is 4.89. The first-order valence-electron chi connectivity index (χ1n) is 8.51. The van der Waals surface area contributed by atoms with E-state index >= 15 is 0 Å². The van der Waals surface area contributed by atoms with Crippen molar-refractivity contribution in [3.8, 4) is 5.75 Å². The summed E-state index contributed by atoms with van der Waals surface area (Å²) >= 11 is 1.35. The molecule has 0 saturated heterocycles. The van der Waals surface area contributed by atoms with Gasteiger partial charge in [0.15, 0.2) is 14.6 Å². The molecule has 142 valence electrons. The van der Waals surface area contributed by atoms with Crippen molar-refractivity contribution >= 4 is 37.3 Å². The number of aromatic nitrogens is 1. The fraction of sp³-hybridized carbons (Fsp3) is 0.263. The molecule has 3 rings (SSSR count). The van der Waals surface area contributed by atoms with Crippen LogP contribution in [0.3, 0.4) is 0 Å². The Bertz CT molecular complexity index is 1170. The summed E-state index contributed by atoms with van der Waals surface area (Å²) < 4.78 is 33.0. The van der Waals surface area contributed by atoms with Crippen LogP contribution < -0.4 is 9.54 Å². The molecule has 0 N–H and O–H groups in total. The molecule has 3 aromatic rings. The Kier molecular flexibility index (Phi) is 5.48. The van der Waals surface area contributed by atoms with E-state index < -0.39 is 15.7 Å². The molecular weight excluding hydrogens is 384 g/mol. The molecule has 0 spiro atoms. The van der Waals surface area contributed by atoms with Gasteiger partial charge in [-0.15, -0.1) is 0 Å². The number of rotatable bonds is 5. The Hall–Kier alpha value is -2.45. The molecule has 0 atom stereocenters. The molecule has 0 saturated carbocycles. The van der Waals surface area contributed by atoms with Crippen LogP contribution >= 0.6 is 11.3 Å². The number of para-hydroxylation sites is 1. The summed E-state index contributed by atoms with van der Waals surface area (Å²) in [5.74, 6) is 0.0606. The van der Waals surface area contributed by atoms with E-state index in [0.717, 1.165) is 16.0 Å². The van der Waals surface area contributed by atoms with E-state index in [-0.39, 0.29) is 16.2 Å². The summed E-state index contributed by atoms with van der Waals surface area (Å²) in [7, 11) is -1.71. The second-order valence-corrected chi connectivity index (χ2v) is 9.05. The van der Waals surface area contributed by atoms with E-state index in [2.05, 4.69) is 4.99 Å². The number of thiazole rings is 1. The first-order valence-corrected chi connectivity index (χ1v) is 11.0. The molecule has 0 aliphatic heterocycles. The third-order valence-corrected chi connectivity index (χ3v) is 7.00. The van der Waals surface area contributed by atoms with Gasteiger partial charge in [0.05, 0.1) is 27.5 Å². The van der Waals surface area contributed by atoms with Gasteiger partial charge in [-0.1, -0.05) is 36.5 Å². The molecular formula is C19H20N2O4S2. The summed E-state index contributed by atoms with van der Waals surface area (Å²) in [5, 5.41) is 0. The second-order valence-electron chi connectivity index (χ2n) is 5.80. The number of fused-ring (bicyclic) bond motifs is 1. The molecule has 2 aromatic carbocycles. The maximum atomic E-state index is 12.8. The smallest absolute Gasteiger partial charge is 0.280 e. The number of hydrogen-bond donors (Lipinski definition) is 0. The number of carbonyl (C=O) groups excluding carboxylic acids is 1. The number of hydrogen-bond acceptors (Lipinski definition) is 5. The van der Waals surface area contributed by atoms with E-state index in [1.165, 1.54) is 23.5 Å². The van der Waals surface area contributed by atoms with Crippen LogP contribution in [0.15, 0.2) is 52.4 Å². The summed E-state index contributed by atoms with van der Waals surface area (Å²) in [4.78, 5) is 17.5. The van der Waals surface area contributed by atoms with Gasteiger partial charge in [0, 0.05) is 7.05 Å². The largest absolute Gasteiger partial charge is 0.492 e. The highest BCUT2D eigenvalue weighted by molar-refractivity contribution is 7.91. The van der Waals surface area contributed by atoms with Crippen molar-refractivity contribution in [3.05, 3.63) is 52.8 Å². The average molecular weight is 405 g/mol. The van der Waals surface area contributed by atoms with Gasteiger partial charge in [0.25, 0.3) is 5.91 Å². The lowest BCUT2D eigenvalue weighted by molar-refractivity contribution is 0.0995. The Labute approximate surface area is 161 Å². The van der Waals surface area contributed by atoms with Gasteiger partial charge < -0.3 is 9.30 Å². The molecule has 0 aliphatic carbocycles. The molecule has 0 unspecified atom stereocenters. The van der Waals surface area contributed by atoms with Crippen molar-refractivity contribution in [1.29, 1.82) is 0 Å². The summed E-state index contributed by atoms with van der Waals surface area (Å²) in [5.41, 5.74) is 0.937. The molecule has 1 amide bonds. The quantitative estimate of drug-likeness (QED) is 0.654. The standard InChI is InChI=1S/C19H20N2O4S2/c1-4-25-14-10-8-11-15-17(14)21(3)19(26-15)20-18(22)13-9-6-7-12-16(13)27(23,24)5-2/h6-12H,4-5H2,1-3H3. The molecule has 0 aliphatic rings. The van der Waals surface area contributed by atoms with Crippen molar-refractivity contribution in [1.82, 2.24) is 4.57 Å². The van der Waals surface area contributed by atoms with Gasteiger partial charge in [0.1, 0.15) is 11.3 Å². The minimum Gasteiger partial charge on any atom is -0.492 e. The van der Waals surface area contributed by atoms with Crippen molar-refractivity contribution in [3.63, 3.8) is 0 Å². The minimum atomic E-state index is -3.52. The Balaban J connectivity index is 2.15. The predicted octanol–water partition coefficient (Wildman–Crippen LogP) is 3.17. The van der Waals surface area contributed by atoms with Gasteiger partial charge in [-0.3, -0.25) is 4.79 Å². The third kappa shape index (κ3) is 3.68. The number of amides is 1. The molecule has 6 nitrogen and oxygen atoms in total. The summed E-state index contributed by atoms with van der Waals surface area (Å²) in [6.45, 7) is 3.99. The monoisotopic (exact) mass is 404 g/mol. The SMILES string of the molecule is CCOc1cccc2sc(=NC(=O)c3ccccc3S(=O)(=O)CC)n(C)c12. The Morgan fingerprint density at radius 1 is 1.15 bits per heavy atom. The molecule has 8 heteroatoms. The Morgan fingerprint density at radius 2 is 1.89 bits per heavy atom. The maximum Gasteiger partial charge on any atom is 0.280 e. The Morgan fingerprint density at radius 3 is 2.59 bits per heavy atom. The average Bonchev–Trinajstić information content (AvgIpc) is 2.98. The van der Waals surface area contributed by atoms with Gasteiger partial charge in [-0.25, -0.2) is 8.42 Å². The maximum absolute atomic E-state index is 12.8. The zero-order chi connectivity index (χ0) is 19.6. The predicted molar refractivity (Wildman–Crippen MR) is 106 cm³/mol. The molecule has 1 heterocycles. The summed E-state index contributed by atoms with van der Waals surface area (Å²) in [6.07, 6.45) is 0. The number of nitrogens with zero attached hydrogens (tertiary/aromatic N) is 2. The zero-order valence-corrected chi connectivity index (χ0v) is 16.9. The van der Waals surface area contributed by atoms with E-state index in [1.807, 2.05) is 32.2 Å². The topological polar surface area (TPSA) is 77.7 Å².